The number of alkyl halides is 3. The van der Waals surface area contributed by atoms with Crippen LogP contribution >= 0.6 is 11.3 Å². The first kappa shape index (κ1) is 17.5. The van der Waals surface area contributed by atoms with Crippen LogP contribution in [-0.4, -0.2) is 47.6 Å². The van der Waals surface area contributed by atoms with E-state index in [1.54, 1.807) is 11.4 Å². The van der Waals surface area contributed by atoms with Crippen molar-refractivity contribution in [1.29, 1.82) is 0 Å². The Balaban J connectivity index is 2.59. The molecule has 0 unspecified atom stereocenters. The van der Waals surface area contributed by atoms with E-state index in [1.165, 1.54) is 13.0 Å². The normalized spacial score (nSPS) is 28.4. The average Bonchev–Trinajstić information content (AvgIpc) is 2.97. The molecule has 1 aliphatic rings. The molecule has 1 saturated heterocycles. The molecule has 2 amide bonds. The number of hydrogen-bond acceptors (Lipinski definition) is 5. The number of urea groups is 1. The number of nitrogens with zero attached hydrogens (tertiary/aromatic N) is 1. The van der Waals surface area contributed by atoms with Gasteiger partial charge in [-0.3, -0.25) is 9.69 Å². The van der Waals surface area contributed by atoms with Crippen molar-refractivity contribution in [2.75, 3.05) is 13.7 Å². The molecule has 128 valence electrons. The Hall–Kier alpha value is -1.81. The third-order valence-corrected chi connectivity index (χ3v) is 4.62. The molecule has 0 radical (unpaired) electrons. The zero-order chi connectivity index (χ0) is 17.4. The molecule has 0 aromatic carbocycles. The number of rotatable bonds is 3. The first-order valence-corrected chi connectivity index (χ1v) is 7.56. The first-order valence-electron chi connectivity index (χ1n) is 6.68. The number of aliphatic hydroxyl groups is 1. The van der Waals surface area contributed by atoms with Gasteiger partial charge in [0.25, 0.3) is 5.72 Å². The van der Waals surface area contributed by atoms with Gasteiger partial charge in [0.1, 0.15) is 5.92 Å². The summed E-state index contributed by atoms with van der Waals surface area (Å²) in [6, 6.07) is 0.566. The topological polar surface area (TPSA) is 78.9 Å². The highest BCUT2D eigenvalue weighted by Gasteiger charge is 2.69. The van der Waals surface area contributed by atoms with Gasteiger partial charge in [0.2, 0.25) is 0 Å². The molecular formula is C13H15F3N2O4S. The van der Waals surface area contributed by atoms with Crippen molar-refractivity contribution >= 4 is 23.3 Å². The Morgan fingerprint density at radius 1 is 1.57 bits per heavy atom. The van der Waals surface area contributed by atoms with Gasteiger partial charge < -0.3 is 15.2 Å². The Labute approximate surface area is 133 Å². The first-order chi connectivity index (χ1) is 10.6. The molecule has 1 fully saturated rings. The standard InChI is InChI=1S/C13H15F3N2O4S/c1-3-22-10(19)8-9(7-5-4-6-23-7)17-11(20)18(2)12(8,21)13(14,15)16/h4-6,8-9,21H,3H2,1-2H3,(H,17,20)/t8-,9-,12-/m0/s1. The van der Waals surface area contributed by atoms with Crippen LogP contribution in [0.3, 0.4) is 0 Å². The molecule has 1 aromatic rings. The van der Waals surface area contributed by atoms with Crippen LogP contribution in [0.25, 0.3) is 0 Å². The number of thiophene rings is 1. The third kappa shape index (κ3) is 2.76. The third-order valence-electron chi connectivity index (χ3n) is 3.67. The maximum atomic E-state index is 13.5. The van der Waals surface area contributed by atoms with Gasteiger partial charge >= 0.3 is 18.2 Å². The fourth-order valence-corrected chi connectivity index (χ4v) is 3.32. The summed E-state index contributed by atoms with van der Waals surface area (Å²) in [4.78, 5) is 24.5. The number of ether oxygens (including phenoxy) is 1. The molecule has 23 heavy (non-hydrogen) atoms. The fraction of sp³-hybridized carbons (Fsp3) is 0.538. The van der Waals surface area contributed by atoms with Crippen LogP contribution in [0.1, 0.15) is 17.8 Å². The summed E-state index contributed by atoms with van der Waals surface area (Å²) in [7, 11) is 0.777. The maximum absolute atomic E-state index is 13.5. The van der Waals surface area contributed by atoms with E-state index in [9.17, 15) is 27.9 Å². The highest BCUT2D eigenvalue weighted by atomic mass is 32.1. The molecule has 2 heterocycles. The molecule has 6 nitrogen and oxygen atoms in total. The van der Waals surface area contributed by atoms with Crippen molar-refractivity contribution < 1.29 is 32.6 Å². The van der Waals surface area contributed by atoms with Gasteiger partial charge in [0, 0.05) is 11.9 Å². The zero-order valence-electron chi connectivity index (χ0n) is 12.3. The summed E-state index contributed by atoms with van der Waals surface area (Å²) < 4.78 is 45.3. The number of carbonyl (C=O) groups excluding carboxylic acids is 2. The fourth-order valence-electron chi connectivity index (χ4n) is 2.51. The van der Waals surface area contributed by atoms with Gasteiger partial charge in [-0.2, -0.15) is 13.2 Å². The van der Waals surface area contributed by atoms with E-state index in [1.807, 2.05) is 0 Å². The van der Waals surface area contributed by atoms with E-state index in [4.69, 9.17) is 4.74 Å². The van der Waals surface area contributed by atoms with E-state index < -0.39 is 35.9 Å². The number of carbonyl (C=O) groups is 2. The summed E-state index contributed by atoms with van der Waals surface area (Å²) in [6.45, 7) is 1.29. The summed E-state index contributed by atoms with van der Waals surface area (Å²) in [5.74, 6) is -3.29. The Bertz CT molecular complexity index is 593. The molecule has 1 aromatic heterocycles. The second-order valence-electron chi connectivity index (χ2n) is 4.96. The summed E-state index contributed by atoms with van der Waals surface area (Å²) in [6.07, 6.45) is -5.24. The quantitative estimate of drug-likeness (QED) is 0.814. The molecule has 2 N–H and O–H groups in total. The van der Waals surface area contributed by atoms with Crippen LogP contribution in [-0.2, 0) is 9.53 Å². The highest BCUT2D eigenvalue weighted by molar-refractivity contribution is 7.10. The predicted molar refractivity (Wildman–Crippen MR) is 74.5 cm³/mol. The molecule has 0 spiro atoms. The van der Waals surface area contributed by atoms with Gasteiger partial charge in [-0.15, -0.1) is 11.3 Å². The van der Waals surface area contributed by atoms with Crippen molar-refractivity contribution in [3.8, 4) is 0 Å². The van der Waals surface area contributed by atoms with Crippen molar-refractivity contribution in [3.05, 3.63) is 22.4 Å². The molecule has 1 aliphatic heterocycles. The molecule has 0 aliphatic carbocycles. The van der Waals surface area contributed by atoms with Crippen molar-refractivity contribution in [2.24, 2.45) is 5.92 Å². The smallest absolute Gasteiger partial charge is 0.437 e. The van der Waals surface area contributed by atoms with Crippen LogP contribution in [0.4, 0.5) is 18.0 Å². The van der Waals surface area contributed by atoms with Gasteiger partial charge in [-0.05, 0) is 18.4 Å². The minimum Gasteiger partial charge on any atom is -0.466 e. The molecule has 2 rings (SSSR count). The molecular weight excluding hydrogens is 337 g/mol. The number of hydrogen-bond donors (Lipinski definition) is 2. The van der Waals surface area contributed by atoms with Gasteiger partial charge in [-0.25, -0.2) is 4.79 Å². The zero-order valence-corrected chi connectivity index (χ0v) is 13.1. The van der Waals surface area contributed by atoms with E-state index in [2.05, 4.69) is 5.32 Å². The Morgan fingerprint density at radius 3 is 2.70 bits per heavy atom. The average molecular weight is 352 g/mol. The van der Waals surface area contributed by atoms with E-state index in [0.717, 1.165) is 18.4 Å². The second kappa shape index (κ2) is 6.00. The molecule has 0 saturated carbocycles. The minimum absolute atomic E-state index is 0.0820. The lowest BCUT2D eigenvalue weighted by Crippen LogP contribution is -2.73. The lowest BCUT2D eigenvalue weighted by Gasteiger charge is -2.48. The number of nitrogens with one attached hydrogen (secondary N) is 1. The lowest BCUT2D eigenvalue weighted by atomic mass is 9.83. The van der Waals surface area contributed by atoms with Gasteiger partial charge in [0.15, 0.2) is 0 Å². The predicted octanol–water partition coefficient (Wildman–Crippen LogP) is 1.87. The van der Waals surface area contributed by atoms with Gasteiger partial charge in [0.05, 0.1) is 12.6 Å². The lowest BCUT2D eigenvalue weighted by molar-refractivity contribution is -0.328. The molecule has 0 bridgehead atoms. The second-order valence-corrected chi connectivity index (χ2v) is 5.93. The van der Waals surface area contributed by atoms with Crippen LogP contribution in [0.15, 0.2) is 17.5 Å². The molecule has 3 atom stereocenters. The summed E-state index contributed by atoms with van der Waals surface area (Å²) in [5, 5.41) is 14.2. The van der Waals surface area contributed by atoms with Crippen LogP contribution in [0, 0.1) is 5.92 Å². The van der Waals surface area contributed by atoms with Crippen LogP contribution < -0.4 is 5.32 Å². The number of amides is 2. The maximum Gasteiger partial charge on any atom is 0.437 e. The Kier molecular flexibility index (Phi) is 4.58. The SMILES string of the molecule is CCOC(=O)[C@@H]1[C@H](c2cccs2)NC(=O)N(C)[C@@]1(O)C(F)(F)F. The monoisotopic (exact) mass is 352 g/mol. The minimum atomic E-state index is -5.24. The van der Waals surface area contributed by atoms with E-state index in [0.29, 0.717) is 4.88 Å². The summed E-state index contributed by atoms with van der Waals surface area (Å²) >= 11 is 1.06. The number of esters is 1. The highest BCUT2D eigenvalue weighted by Crippen LogP contribution is 2.47. The Morgan fingerprint density at radius 2 is 2.22 bits per heavy atom. The largest absolute Gasteiger partial charge is 0.466 e. The number of halogens is 3. The van der Waals surface area contributed by atoms with Crippen molar-refractivity contribution in [3.63, 3.8) is 0 Å². The van der Waals surface area contributed by atoms with Crippen molar-refractivity contribution in [1.82, 2.24) is 10.2 Å². The summed E-state index contributed by atoms with van der Waals surface area (Å²) in [5.41, 5.74) is -3.67. The van der Waals surface area contributed by atoms with E-state index in [-0.39, 0.29) is 11.5 Å². The van der Waals surface area contributed by atoms with E-state index >= 15 is 0 Å². The van der Waals surface area contributed by atoms with Gasteiger partial charge in [-0.1, -0.05) is 6.07 Å². The van der Waals surface area contributed by atoms with Crippen LogP contribution in [0.2, 0.25) is 0 Å². The molecule has 10 heteroatoms. The van der Waals surface area contributed by atoms with Crippen LogP contribution in [0.5, 0.6) is 0 Å². The van der Waals surface area contributed by atoms with Crippen molar-refractivity contribution in [2.45, 2.75) is 24.9 Å².